The maximum atomic E-state index is 13.5. The Morgan fingerprint density at radius 3 is 2.49 bits per heavy atom. The highest BCUT2D eigenvalue weighted by molar-refractivity contribution is 7.89. The molecule has 1 atom stereocenters. The van der Waals surface area contributed by atoms with Crippen molar-refractivity contribution < 1.29 is 14.0 Å². The van der Waals surface area contributed by atoms with Crippen LogP contribution in [0.1, 0.15) is 48.2 Å². The molecule has 0 aliphatic carbocycles. The van der Waals surface area contributed by atoms with E-state index in [0.717, 1.165) is 83.8 Å². The molecule has 5 rings (SSSR count). The van der Waals surface area contributed by atoms with E-state index in [1.54, 1.807) is 12.1 Å². The van der Waals surface area contributed by atoms with Crippen LogP contribution in [0.2, 0.25) is 0 Å². The normalized spacial score (nSPS) is 15.7. The van der Waals surface area contributed by atoms with Crippen LogP contribution in [0.15, 0.2) is 42.6 Å². The van der Waals surface area contributed by atoms with Crippen LogP contribution in [-0.2, 0) is 24.4 Å². The number of nitrogens with zero attached hydrogens (tertiary/aromatic N) is 6. The fourth-order valence-electron chi connectivity index (χ4n) is 5.47. The van der Waals surface area contributed by atoms with E-state index in [4.69, 9.17) is 9.97 Å². The molecule has 0 saturated carbocycles. The summed E-state index contributed by atoms with van der Waals surface area (Å²) in [7, 11) is 6.08. The van der Waals surface area contributed by atoms with Crippen molar-refractivity contribution in [2.75, 3.05) is 51.4 Å². The maximum absolute atomic E-state index is 13.5. The highest BCUT2D eigenvalue weighted by atomic mass is 32.2. The quantitative estimate of drug-likeness (QED) is 0.237. The molecule has 1 unspecified atom stereocenters. The lowest BCUT2D eigenvalue weighted by Crippen LogP contribution is -2.39. The van der Waals surface area contributed by atoms with E-state index in [1.807, 2.05) is 26.0 Å². The first-order valence-corrected chi connectivity index (χ1v) is 16.3. The Bertz CT molecular complexity index is 1450. The highest BCUT2D eigenvalue weighted by Crippen LogP contribution is 2.38. The van der Waals surface area contributed by atoms with E-state index in [9.17, 15) is 14.0 Å². The lowest BCUT2D eigenvalue weighted by Gasteiger charge is -2.32. The number of aliphatic hydroxyl groups excluding tert-OH is 1. The lowest BCUT2D eigenvalue weighted by atomic mass is 9.91. The third-order valence-corrected chi connectivity index (χ3v) is 10.4. The van der Waals surface area contributed by atoms with Gasteiger partial charge in [-0.25, -0.2) is 14.4 Å². The molecule has 220 valence electrons. The van der Waals surface area contributed by atoms with Crippen LogP contribution in [0.3, 0.4) is 0 Å². The molecule has 3 aromatic heterocycles. The van der Waals surface area contributed by atoms with Gasteiger partial charge < -0.3 is 19.5 Å². The predicted octanol–water partition coefficient (Wildman–Crippen LogP) is 5.21. The molecule has 4 aromatic rings. The highest BCUT2D eigenvalue weighted by Gasteiger charge is 2.28. The second-order valence-electron chi connectivity index (χ2n) is 10.8. The number of piperidine rings is 1. The minimum atomic E-state index is -0.919. The summed E-state index contributed by atoms with van der Waals surface area (Å²) in [5.41, 5.74) is 4.54. The summed E-state index contributed by atoms with van der Waals surface area (Å²) in [5, 5.41) is 10.8. The van der Waals surface area contributed by atoms with Gasteiger partial charge in [-0.05, 0) is 75.2 Å². The summed E-state index contributed by atoms with van der Waals surface area (Å²) in [6.07, 6.45) is 5.84. The van der Waals surface area contributed by atoms with Crippen molar-refractivity contribution in [1.82, 2.24) is 23.6 Å². The van der Waals surface area contributed by atoms with Gasteiger partial charge in [0.15, 0.2) is 5.13 Å². The number of aliphatic hydroxyl groups is 1. The van der Waals surface area contributed by atoms with Crippen LogP contribution >= 0.6 is 11.3 Å². The number of thiazole rings is 1. The molecular formula is C30H39FN6O2S2. The summed E-state index contributed by atoms with van der Waals surface area (Å²) in [4.78, 5) is 14.7. The second-order valence-corrected chi connectivity index (χ2v) is 13.4. The Morgan fingerprint density at radius 1 is 1.10 bits per heavy atom. The fraction of sp³-hybridized carbons (Fsp3) is 0.467. The fourth-order valence-corrected chi connectivity index (χ4v) is 7.63. The molecule has 1 N–H and O–H groups in total. The second kappa shape index (κ2) is 13.2. The molecule has 11 heteroatoms. The first-order valence-electron chi connectivity index (χ1n) is 14.2. The van der Waals surface area contributed by atoms with Gasteiger partial charge in [0.05, 0.1) is 22.9 Å². The molecule has 1 aliphatic heterocycles. The number of benzene rings is 1. The molecule has 0 bridgehead atoms. The number of aromatic nitrogens is 3. The Kier molecular flexibility index (Phi) is 9.63. The van der Waals surface area contributed by atoms with Gasteiger partial charge in [0.2, 0.25) is 0 Å². The lowest BCUT2D eigenvalue weighted by molar-refractivity contribution is 0.286. The van der Waals surface area contributed by atoms with Crippen LogP contribution in [0.25, 0.3) is 16.9 Å². The van der Waals surface area contributed by atoms with Gasteiger partial charge in [0.25, 0.3) is 0 Å². The summed E-state index contributed by atoms with van der Waals surface area (Å²) in [5.74, 6) is 1.76. The van der Waals surface area contributed by atoms with Gasteiger partial charge in [-0.1, -0.05) is 24.3 Å². The average molecular weight is 599 g/mol. The van der Waals surface area contributed by atoms with E-state index >= 15 is 0 Å². The summed E-state index contributed by atoms with van der Waals surface area (Å²) >= 11 is 0.509. The topological polar surface area (TPSA) is 83.2 Å². The Hall–Kier alpha value is -2.54. The summed E-state index contributed by atoms with van der Waals surface area (Å²) in [6.45, 7) is 4.58. The SMILES string of the molecule is CCc1nc2ccc(C3CCN([S+]([O-])CCCN(C)C)CC3)cn2c1N(C)c1nc(-c2ccc(F)cc2)c(CO)s1. The van der Waals surface area contributed by atoms with E-state index in [-0.39, 0.29) is 12.4 Å². The number of pyridine rings is 1. The standard InChI is InChI=1S/C30H39FN6O2S2/c1-5-25-29(35(4)30-33-28(26(20-38)40-30)22-7-10-24(31)11-8-22)37-19-23(9-12-27(37)32-25)21-13-16-36(17-14-21)41(39)18-6-15-34(2)3/h7-12,19,21,38H,5-6,13-18,20H2,1-4H3. The number of hydrogen-bond acceptors (Lipinski definition) is 8. The molecule has 0 amide bonds. The van der Waals surface area contributed by atoms with Crippen LogP contribution in [0.5, 0.6) is 0 Å². The zero-order valence-corrected chi connectivity index (χ0v) is 25.8. The van der Waals surface area contributed by atoms with Crippen LogP contribution < -0.4 is 4.90 Å². The van der Waals surface area contributed by atoms with Gasteiger partial charge in [-0.15, -0.1) is 4.31 Å². The summed E-state index contributed by atoms with van der Waals surface area (Å²) in [6, 6.07) is 10.5. The Labute approximate surface area is 248 Å². The van der Waals surface area contributed by atoms with Crippen molar-refractivity contribution in [2.24, 2.45) is 0 Å². The van der Waals surface area contributed by atoms with Crippen molar-refractivity contribution in [3.8, 4) is 11.3 Å². The molecule has 0 spiro atoms. The molecule has 1 aliphatic rings. The first-order chi connectivity index (χ1) is 19.8. The minimum absolute atomic E-state index is 0.144. The molecular weight excluding hydrogens is 560 g/mol. The number of anilines is 2. The number of fused-ring (bicyclic) bond motifs is 1. The van der Waals surface area contributed by atoms with Crippen LogP contribution in [-0.4, -0.2) is 79.8 Å². The number of halogens is 1. The average Bonchev–Trinajstić information content (AvgIpc) is 3.58. The molecule has 0 radical (unpaired) electrons. The molecule has 41 heavy (non-hydrogen) atoms. The van der Waals surface area contributed by atoms with Gasteiger partial charge in [0, 0.05) is 56.2 Å². The third kappa shape index (κ3) is 6.60. The van der Waals surface area contributed by atoms with Crippen molar-refractivity contribution in [3.05, 3.63) is 64.5 Å². The zero-order chi connectivity index (χ0) is 29.1. The maximum Gasteiger partial charge on any atom is 0.191 e. The van der Waals surface area contributed by atoms with E-state index in [1.165, 1.54) is 29.0 Å². The summed E-state index contributed by atoms with van der Waals surface area (Å²) < 4.78 is 30.6. The molecule has 1 aromatic carbocycles. The minimum Gasteiger partial charge on any atom is -0.598 e. The Balaban J connectivity index is 1.37. The van der Waals surface area contributed by atoms with Crippen LogP contribution in [0.4, 0.5) is 15.3 Å². The van der Waals surface area contributed by atoms with Gasteiger partial charge >= 0.3 is 0 Å². The van der Waals surface area contributed by atoms with E-state index in [0.29, 0.717) is 11.6 Å². The number of hydrogen-bond donors (Lipinski definition) is 1. The first kappa shape index (κ1) is 29.9. The monoisotopic (exact) mass is 598 g/mol. The number of aryl methyl sites for hydroxylation is 1. The van der Waals surface area contributed by atoms with Crippen molar-refractivity contribution in [3.63, 3.8) is 0 Å². The van der Waals surface area contributed by atoms with Crippen molar-refractivity contribution in [1.29, 1.82) is 0 Å². The third-order valence-electron chi connectivity index (χ3n) is 7.71. The van der Waals surface area contributed by atoms with Crippen molar-refractivity contribution >= 4 is 39.3 Å². The van der Waals surface area contributed by atoms with Crippen LogP contribution in [0, 0.1) is 5.82 Å². The molecule has 1 saturated heterocycles. The molecule has 8 nitrogen and oxygen atoms in total. The van der Waals surface area contributed by atoms with Gasteiger partial charge in [0.1, 0.15) is 23.0 Å². The smallest absolute Gasteiger partial charge is 0.191 e. The molecule has 4 heterocycles. The number of imidazole rings is 1. The van der Waals surface area contributed by atoms with Gasteiger partial charge in [-0.3, -0.25) is 4.40 Å². The van der Waals surface area contributed by atoms with E-state index in [2.05, 4.69) is 38.9 Å². The van der Waals surface area contributed by atoms with E-state index < -0.39 is 11.4 Å². The number of rotatable bonds is 11. The molecule has 1 fully saturated rings. The Morgan fingerprint density at radius 2 is 1.83 bits per heavy atom. The largest absolute Gasteiger partial charge is 0.598 e. The predicted molar refractivity (Wildman–Crippen MR) is 166 cm³/mol. The zero-order valence-electron chi connectivity index (χ0n) is 24.2. The van der Waals surface area contributed by atoms with Gasteiger partial charge in [-0.2, -0.15) is 0 Å². The van der Waals surface area contributed by atoms with Crippen molar-refractivity contribution in [2.45, 2.75) is 45.1 Å².